The number of hydrogen-bond donors (Lipinski definition) is 1. The molecular formula is C20H14F4N6O. The second-order valence-electron chi connectivity index (χ2n) is 6.76. The number of hydrogen-bond acceptors (Lipinski definition) is 5. The monoisotopic (exact) mass is 430 g/mol. The molecule has 0 bridgehead atoms. The summed E-state index contributed by atoms with van der Waals surface area (Å²) in [6.45, 7) is -0.789. The van der Waals surface area contributed by atoms with Crippen molar-refractivity contribution < 1.29 is 22.7 Å². The van der Waals surface area contributed by atoms with Crippen LogP contribution in [0.15, 0.2) is 48.9 Å². The number of halogens is 4. The van der Waals surface area contributed by atoms with Gasteiger partial charge in [-0.3, -0.25) is 0 Å². The van der Waals surface area contributed by atoms with Crippen LogP contribution in [0.3, 0.4) is 0 Å². The van der Waals surface area contributed by atoms with Gasteiger partial charge in [-0.25, -0.2) is 18.9 Å². The average Bonchev–Trinajstić information content (AvgIpc) is 3.35. The van der Waals surface area contributed by atoms with E-state index in [9.17, 15) is 27.9 Å². The topological polar surface area (TPSA) is 92.0 Å². The standard InChI is InChI=1S/C20H14F4N6O/c21-13-3-1-12(2-4-13)18-19(29(11-27-18)14(10-31)7-20(22,23)24)16-5-6-17-26-9-15(8-25)30(17)28-16/h1-6,9,11,14,31H,7,10H2. The first-order chi connectivity index (χ1) is 14.8. The Balaban J connectivity index is 1.94. The Bertz CT molecular complexity index is 1270. The Kier molecular flexibility index (Phi) is 5.16. The second kappa shape index (κ2) is 7.81. The molecule has 0 saturated heterocycles. The number of aliphatic hydroxyl groups is 1. The predicted molar refractivity (Wildman–Crippen MR) is 101 cm³/mol. The number of aromatic nitrogens is 5. The molecule has 0 aliphatic heterocycles. The lowest BCUT2D eigenvalue weighted by atomic mass is 10.1. The molecular weight excluding hydrogens is 416 g/mol. The molecule has 7 nitrogen and oxygen atoms in total. The van der Waals surface area contributed by atoms with Crippen molar-refractivity contribution in [1.82, 2.24) is 24.1 Å². The molecule has 0 fully saturated rings. The number of fused-ring (bicyclic) bond motifs is 1. The lowest BCUT2D eigenvalue weighted by Crippen LogP contribution is -2.22. The van der Waals surface area contributed by atoms with Crippen LogP contribution < -0.4 is 0 Å². The predicted octanol–water partition coefficient (Wildman–Crippen LogP) is 3.76. The van der Waals surface area contributed by atoms with E-state index in [2.05, 4.69) is 15.1 Å². The molecule has 0 radical (unpaired) electrons. The first kappa shape index (κ1) is 20.5. The van der Waals surface area contributed by atoms with E-state index >= 15 is 0 Å². The SMILES string of the molecule is N#Cc1cnc2ccc(-c3c(-c4ccc(F)cc4)ncn3C(CO)CC(F)(F)F)nn12. The van der Waals surface area contributed by atoms with E-state index < -0.39 is 31.1 Å². The van der Waals surface area contributed by atoms with Gasteiger partial charge in [-0.2, -0.15) is 23.5 Å². The van der Waals surface area contributed by atoms with Crippen molar-refractivity contribution in [3.05, 3.63) is 60.4 Å². The maximum absolute atomic E-state index is 13.4. The fourth-order valence-corrected chi connectivity index (χ4v) is 3.30. The van der Waals surface area contributed by atoms with Crippen LogP contribution in [0.4, 0.5) is 17.6 Å². The van der Waals surface area contributed by atoms with Crippen LogP contribution in [0.2, 0.25) is 0 Å². The highest BCUT2D eigenvalue weighted by Crippen LogP contribution is 2.36. The van der Waals surface area contributed by atoms with Gasteiger partial charge < -0.3 is 9.67 Å². The first-order valence-corrected chi connectivity index (χ1v) is 9.06. The molecule has 4 rings (SSSR count). The van der Waals surface area contributed by atoms with E-state index in [1.165, 1.54) is 51.9 Å². The summed E-state index contributed by atoms with van der Waals surface area (Å²) in [4.78, 5) is 8.28. The Hall–Kier alpha value is -3.78. The third-order valence-electron chi connectivity index (χ3n) is 4.70. The third-order valence-corrected chi connectivity index (χ3v) is 4.70. The summed E-state index contributed by atoms with van der Waals surface area (Å²) in [5.74, 6) is -0.480. The third kappa shape index (κ3) is 3.97. The molecule has 3 aromatic heterocycles. The summed E-state index contributed by atoms with van der Waals surface area (Å²) in [7, 11) is 0. The maximum Gasteiger partial charge on any atom is 0.391 e. The quantitative estimate of drug-likeness (QED) is 0.487. The number of aliphatic hydroxyl groups excluding tert-OH is 1. The van der Waals surface area contributed by atoms with Crippen molar-refractivity contribution in [2.24, 2.45) is 0 Å². The summed E-state index contributed by atoms with van der Waals surface area (Å²) >= 11 is 0. The van der Waals surface area contributed by atoms with Crippen molar-refractivity contribution in [1.29, 1.82) is 5.26 Å². The summed E-state index contributed by atoms with van der Waals surface area (Å²) < 4.78 is 55.2. The average molecular weight is 430 g/mol. The molecule has 11 heteroatoms. The van der Waals surface area contributed by atoms with E-state index in [1.54, 1.807) is 6.07 Å². The van der Waals surface area contributed by atoms with Crippen LogP contribution in [-0.2, 0) is 0 Å². The van der Waals surface area contributed by atoms with Gasteiger partial charge >= 0.3 is 6.18 Å². The van der Waals surface area contributed by atoms with Crippen LogP contribution in [0.25, 0.3) is 28.3 Å². The molecule has 0 saturated carbocycles. The van der Waals surface area contributed by atoms with Crippen molar-refractivity contribution in [2.45, 2.75) is 18.6 Å². The van der Waals surface area contributed by atoms with E-state index in [1.807, 2.05) is 6.07 Å². The van der Waals surface area contributed by atoms with Crippen molar-refractivity contribution >= 4 is 5.65 Å². The minimum absolute atomic E-state index is 0.139. The Morgan fingerprint density at radius 3 is 2.48 bits per heavy atom. The van der Waals surface area contributed by atoms with Gasteiger partial charge in [0.25, 0.3) is 0 Å². The van der Waals surface area contributed by atoms with Crippen molar-refractivity contribution in [2.75, 3.05) is 6.61 Å². The van der Waals surface area contributed by atoms with E-state index in [0.29, 0.717) is 11.2 Å². The molecule has 0 amide bonds. The molecule has 0 spiro atoms. The molecule has 31 heavy (non-hydrogen) atoms. The number of benzene rings is 1. The van der Waals surface area contributed by atoms with Crippen molar-refractivity contribution in [3.63, 3.8) is 0 Å². The van der Waals surface area contributed by atoms with Crippen LogP contribution >= 0.6 is 0 Å². The van der Waals surface area contributed by atoms with E-state index in [-0.39, 0.29) is 22.8 Å². The molecule has 1 unspecified atom stereocenters. The molecule has 0 aliphatic carbocycles. The summed E-state index contributed by atoms with van der Waals surface area (Å²) in [5.41, 5.74) is 1.62. The van der Waals surface area contributed by atoms with E-state index in [0.717, 1.165) is 0 Å². The molecule has 0 aliphatic rings. The zero-order chi connectivity index (χ0) is 22.2. The largest absolute Gasteiger partial charge is 0.394 e. The molecule has 4 aromatic rings. The minimum atomic E-state index is -4.53. The van der Waals surface area contributed by atoms with Gasteiger partial charge in [0, 0.05) is 5.56 Å². The zero-order valence-corrected chi connectivity index (χ0v) is 15.8. The van der Waals surface area contributed by atoms with Gasteiger partial charge in [-0.15, -0.1) is 0 Å². The molecule has 1 N–H and O–H groups in total. The number of nitriles is 1. The molecule has 158 valence electrons. The van der Waals surface area contributed by atoms with Gasteiger partial charge in [-0.1, -0.05) is 0 Å². The second-order valence-corrected chi connectivity index (χ2v) is 6.76. The van der Waals surface area contributed by atoms with Crippen LogP contribution in [0.5, 0.6) is 0 Å². The number of alkyl halides is 3. The Morgan fingerprint density at radius 2 is 1.84 bits per heavy atom. The fraction of sp³-hybridized carbons (Fsp3) is 0.200. The summed E-state index contributed by atoms with van der Waals surface area (Å²) in [6, 6.07) is 8.98. The lowest BCUT2D eigenvalue weighted by molar-refractivity contribution is -0.145. The van der Waals surface area contributed by atoms with Crippen LogP contribution in [0, 0.1) is 17.1 Å². The molecule has 1 aromatic carbocycles. The highest BCUT2D eigenvalue weighted by atomic mass is 19.4. The smallest absolute Gasteiger partial charge is 0.391 e. The number of imidazole rings is 2. The van der Waals surface area contributed by atoms with Gasteiger partial charge in [0.1, 0.15) is 17.6 Å². The number of nitrogens with zero attached hydrogens (tertiary/aromatic N) is 6. The maximum atomic E-state index is 13.4. The first-order valence-electron chi connectivity index (χ1n) is 9.06. The van der Waals surface area contributed by atoms with Crippen LogP contribution in [0.1, 0.15) is 18.2 Å². The normalized spacial score (nSPS) is 12.8. The highest BCUT2D eigenvalue weighted by molar-refractivity contribution is 5.77. The van der Waals surface area contributed by atoms with Crippen LogP contribution in [-0.4, -0.2) is 42.0 Å². The fourth-order valence-electron chi connectivity index (χ4n) is 3.30. The van der Waals surface area contributed by atoms with Gasteiger partial charge in [0.15, 0.2) is 11.3 Å². The molecule has 3 heterocycles. The van der Waals surface area contributed by atoms with E-state index in [4.69, 9.17) is 0 Å². The summed E-state index contributed by atoms with van der Waals surface area (Å²) in [5, 5.41) is 23.3. The van der Waals surface area contributed by atoms with Crippen molar-refractivity contribution in [3.8, 4) is 28.7 Å². The Labute approximate surface area is 172 Å². The Morgan fingerprint density at radius 1 is 1.10 bits per heavy atom. The zero-order valence-electron chi connectivity index (χ0n) is 15.8. The van der Waals surface area contributed by atoms with Gasteiger partial charge in [0.2, 0.25) is 0 Å². The molecule has 1 atom stereocenters. The minimum Gasteiger partial charge on any atom is -0.394 e. The highest BCUT2D eigenvalue weighted by Gasteiger charge is 2.34. The van der Waals surface area contributed by atoms with Gasteiger partial charge in [0.05, 0.1) is 43.0 Å². The number of rotatable bonds is 5. The summed E-state index contributed by atoms with van der Waals surface area (Å²) in [6.07, 6.45) is -3.30. The van der Waals surface area contributed by atoms with Gasteiger partial charge in [-0.05, 0) is 36.4 Å². The lowest BCUT2D eigenvalue weighted by Gasteiger charge is -2.20.